The Hall–Kier alpha value is -5.13. The molecule has 5 aromatic rings. The number of ketones is 3. The average molecular weight is 751 g/mol. The molecule has 0 fully saturated rings. The van der Waals surface area contributed by atoms with Gasteiger partial charge in [-0.25, -0.2) is 0 Å². The van der Waals surface area contributed by atoms with Crippen molar-refractivity contribution >= 4 is 17.3 Å². The molecule has 9 nitrogen and oxygen atoms in total. The first kappa shape index (κ1) is 49.9. The van der Waals surface area contributed by atoms with Gasteiger partial charge in [0.15, 0.2) is 17.3 Å². The predicted molar refractivity (Wildman–Crippen MR) is 226 cm³/mol. The second-order valence-electron chi connectivity index (χ2n) is 13.0. The van der Waals surface area contributed by atoms with Crippen LogP contribution in [0.5, 0.6) is 0 Å². The first-order valence-electron chi connectivity index (χ1n) is 18.2. The van der Waals surface area contributed by atoms with E-state index in [9.17, 15) is 24.6 Å². The standard InChI is InChI=1S/C10H12O.2C9H13NO.C9H11NO.C9H10O.H3N/c1-8(2)10(11)9-6-4-3-5-7-9;3*1-7(10)9(11)8-5-3-2-4-6-8;1-2-9(10)8-6-4-3-5-7-8;/h3-8H,1-2H3;2*2-7,9,11H,10H2,1H3;2-7H,10H2,1H3;3-7H,2H2,1H3;1H3/t;7-,9-;;;;/m.0..../s1. The summed E-state index contributed by atoms with van der Waals surface area (Å²) < 4.78 is 0. The summed E-state index contributed by atoms with van der Waals surface area (Å²) in [6.07, 6.45) is -0.503. The molecule has 0 spiro atoms. The molecule has 3 unspecified atom stereocenters. The molecule has 0 aromatic heterocycles. The van der Waals surface area contributed by atoms with Gasteiger partial charge in [0.25, 0.3) is 0 Å². The van der Waals surface area contributed by atoms with Gasteiger partial charge in [-0.1, -0.05) is 172 Å². The van der Waals surface area contributed by atoms with Gasteiger partial charge in [0.1, 0.15) is 0 Å². The zero-order valence-corrected chi connectivity index (χ0v) is 33.2. The molecule has 0 aliphatic rings. The van der Waals surface area contributed by atoms with Crippen molar-refractivity contribution in [3.8, 4) is 0 Å². The number of benzene rings is 5. The molecule has 0 heterocycles. The monoisotopic (exact) mass is 750 g/mol. The molecule has 0 saturated carbocycles. The van der Waals surface area contributed by atoms with Crippen LogP contribution >= 0.6 is 0 Å². The quantitative estimate of drug-likeness (QED) is 0.0758. The molecule has 9 heteroatoms. The minimum absolute atomic E-state index is 0. The molecule has 5 rings (SSSR count). The van der Waals surface area contributed by atoms with E-state index < -0.39 is 18.2 Å². The summed E-state index contributed by atoms with van der Waals surface area (Å²) >= 11 is 0. The molecule has 5 atom stereocenters. The van der Waals surface area contributed by atoms with E-state index in [-0.39, 0.29) is 41.5 Å². The first-order chi connectivity index (χ1) is 25.7. The van der Waals surface area contributed by atoms with E-state index in [0.717, 1.165) is 22.3 Å². The summed E-state index contributed by atoms with van der Waals surface area (Å²) in [4.78, 5) is 33.6. The van der Waals surface area contributed by atoms with E-state index in [2.05, 4.69) is 0 Å². The van der Waals surface area contributed by atoms with Crippen LogP contribution in [0.15, 0.2) is 152 Å². The van der Waals surface area contributed by atoms with Gasteiger partial charge in [0.2, 0.25) is 0 Å². The number of aliphatic hydroxyl groups is 2. The molecule has 0 amide bonds. The van der Waals surface area contributed by atoms with Gasteiger partial charge < -0.3 is 33.6 Å². The molecule has 0 bridgehead atoms. The molecule has 0 radical (unpaired) electrons. The molecule has 0 aliphatic carbocycles. The molecule has 296 valence electrons. The van der Waals surface area contributed by atoms with E-state index in [1.807, 2.05) is 160 Å². The second kappa shape index (κ2) is 28.3. The number of rotatable bonds is 10. The van der Waals surface area contributed by atoms with Gasteiger partial charge in [-0.15, -0.1) is 0 Å². The first-order valence-corrected chi connectivity index (χ1v) is 18.2. The van der Waals surface area contributed by atoms with Gasteiger partial charge in [0, 0.05) is 41.1 Å². The van der Waals surface area contributed by atoms with Crippen molar-refractivity contribution in [2.45, 2.75) is 78.3 Å². The van der Waals surface area contributed by atoms with Crippen LogP contribution in [-0.2, 0) is 0 Å². The second-order valence-corrected chi connectivity index (χ2v) is 13.0. The number of hydrogen-bond acceptors (Lipinski definition) is 9. The highest BCUT2D eigenvalue weighted by Gasteiger charge is 2.12. The van der Waals surface area contributed by atoms with Gasteiger partial charge >= 0.3 is 0 Å². The lowest BCUT2D eigenvalue weighted by molar-refractivity contribution is 0.0937. The lowest BCUT2D eigenvalue weighted by Gasteiger charge is -2.13. The largest absolute Gasteiger partial charge is 0.387 e. The van der Waals surface area contributed by atoms with Crippen molar-refractivity contribution < 1.29 is 24.6 Å². The molecule has 0 saturated heterocycles. The maximum atomic E-state index is 11.3. The third-order valence-electron chi connectivity index (χ3n) is 7.75. The fraction of sp³-hybridized carbons (Fsp3) is 0.283. The van der Waals surface area contributed by atoms with E-state index in [1.54, 1.807) is 32.9 Å². The number of hydrogen-bond donors (Lipinski definition) is 6. The highest BCUT2D eigenvalue weighted by Crippen LogP contribution is 2.15. The summed E-state index contributed by atoms with van der Waals surface area (Å²) in [5.41, 5.74) is 20.5. The number of Topliss-reactive ketones (excluding diaryl/α,β-unsaturated/α-hetero) is 3. The Morgan fingerprint density at radius 2 is 0.745 bits per heavy atom. The zero-order chi connectivity index (χ0) is 40.5. The van der Waals surface area contributed by atoms with Gasteiger partial charge in [-0.3, -0.25) is 14.4 Å². The van der Waals surface area contributed by atoms with E-state index in [0.29, 0.717) is 12.0 Å². The maximum absolute atomic E-state index is 11.3. The fourth-order valence-corrected chi connectivity index (χ4v) is 4.54. The minimum atomic E-state index is -0.545. The fourth-order valence-electron chi connectivity index (χ4n) is 4.54. The predicted octanol–water partition coefficient (Wildman–Crippen LogP) is 8.32. The van der Waals surface area contributed by atoms with Crippen LogP contribution in [0.3, 0.4) is 0 Å². The van der Waals surface area contributed by atoms with Crippen molar-refractivity contribution in [3.63, 3.8) is 0 Å². The number of nitrogens with two attached hydrogens (primary N) is 3. The number of carbonyl (C=O) groups is 3. The third-order valence-corrected chi connectivity index (χ3v) is 7.75. The van der Waals surface area contributed by atoms with Crippen LogP contribution in [0.2, 0.25) is 0 Å². The highest BCUT2D eigenvalue weighted by atomic mass is 16.3. The van der Waals surface area contributed by atoms with Crippen molar-refractivity contribution in [1.82, 2.24) is 6.15 Å². The number of carbonyl (C=O) groups excluding carboxylic acids is 3. The summed E-state index contributed by atoms with van der Waals surface area (Å²) in [6, 6.07) is 45.8. The highest BCUT2D eigenvalue weighted by molar-refractivity contribution is 5.99. The van der Waals surface area contributed by atoms with Gasteiger partial charge in [-0.2, -0.15) is 0 Å². The molecule has 55 heavy (non-hydrogen) atoms. The van der Waals surface area contributed by atoms with Crippen LogP contribution in [0, 0.1) is 5.92 Å². The van der Waals surface area contributed by atoms with E-state index in [4.69, 9.17) is 17.2 Å². The van der Waals surface area contributed by atoms with Crippen LogP contribution in [-0.4, -0.2) is 45.7 Å². The Morgan fingerprint density at radius 1 is 0.473 bits per heavy atom. The molecular weight excluding hydrogens is 689 g/mol. The normalized spacial score (nSPS) is 12.6. The molecule has 0 aliphatic heterocycles. The van der Waals surface area contributed by atoms with Crippen LogP contribution in [0.25, 0.3) is 0 Å². The Labute approximate surface area is 328 Å². The van der Waals surface area contributed by atoms with Crippen molar-refractivity contribution in [1.29, 1.82) is 0 Å². The zero-order valence-electron chi connectivity index (χ0n) is 33.2. The van der Waals surface area contributed by atoms with E-state index in [1.165, 1.54) is 0 Å². The summed E-state index contributed by atoms with van der Waals surface area (Å²) in [6.45, 7) is 11.0. The Morgan fingerprint density at radius 3 is 1.00 bits per heavy atom. The maximum Gasteiger partial charge on any atom is 0.179 e. The lowest BCUT2D eigenvalue weighted by atomic mass is 10.0. The summed E-state index contributed by atoms with van der Waals surface area (Å²) in [5.74, 6) is 0.509. The smallest absolute Gasteiger partial charge is 0.179 e. The SMILES string of the molecule is CC(C)C(=O)c1ccccc1.CC(N)C(=O)c1ccccc1.CC(N)C(O)c1ccccc1.CCC(=O)c1ccccc1.C[C@H](N)[C@H](O)c1ccccc1.N. The molecule has 5 aromatic carbocycles. The Balaban J connectivity index is 0.000000660. The Kier molecular flexibility index (Phi) is 25.7. The molecular formula is C46H62N4O5. The Bertz CT molecular complexity index is 1610. The lowest BCUT2D eigenvalue weighted by Crippen LogP contribution is -2.26. The van der Waals surface area contributed by atoms with Crippen LogP contribution < -0.4 is 23.4 Å². The van der Waals surface area contributed by atoms with Crippen molar-refractivity contribution in [2.75, 3.05) is 0 Å². The topological polar surface area (TPSA) is 205 Å². The average Bonchev–Trinajstić information content (AvgIpc) is 3.21. The minimum Gasteiger partial charge on any atom is -0.387 e. The van der Waals surface area contributed by atoms with Gasteiger partial charge in [-0.05, 0) is 31.9 Å². The summed E-state index contributed by atoms with van der Waals surface area (Å²) in [7, 11) is 0. The summed E-state index contributed by atoms with van der Waals surface area (Å²) in [5, 5.41) is 18.9. The third kappa shape index (κ3) is 20.2. The van der Waals surface area contributed by atoms with Crippen molar-refractivity contribution in [2.24, 2.45) is 23.1 Å². The van der Waals surface area contributed by atoms with Gasteiger partial charge in [0.05, 0.1) is 18.2 Å². The van der Waals surface area contributed by atoms with Crippen molar-refractivity contribution in [3.05, 3.63) is 179 Å². The number of aliphatic hydroxyl groups excluding tert-OH is 2. The van der Waals surface area contributed by atoms with Crippen LogP contribution in [0.1, 0.15) is 102 Å². The molecule has 11 N–H and O–H groups in total. The van der Waals surface area contributed by atoms with Crippen LogP contribution in [0.4, 0.5) is 0 Å². The van der Waals surface area contributed by atoms with E-state index >= 15 is 0 Å².